The fourth-order valence-electron chi connectivity index (χ4n) is 5.59. The summed E-state index contributed by atoms with van der Waals surface area (Å²) in [6.45, 7) is 8.85. The first-order valence-corrected chi connectivity index (χ1v) is 13.5. The molecule has 0 spiro atoms. The summed E-state index contributed by atoms with van der Waals surface area (Å²) in [4.78, 5) is 11.6. The highest BCUT2D eigenvalue weighted by Crippen LogP contribution is 2.48. The van der Waals surface area contributed by atoms with Crippen LogP contribution in [0.2, 0.25) is 0 Å². The second kappa shape index (κ2) is 13.1. The van der Waals surface area contributed by atoms with Crippen LogP contribution in [0.15, 0.2) is 24.3 Å². The molecule has 1 fully saturated rings. The highest BCUT2D eigenvalue weighted by molar-refractivity contribution is 7.96. The molecule has 3 N–H and O–H groups in total. The maximum atomic E-state index is 11.6. The summed E-state index contributed by atoms with van der Waals surface area (Å²) in [5, 5.41) is 3.10. The van der Waals surface area contributed by atoms with Gasteiger partial charge in [0.05, 0.1) is 6.04 Å². The van der Waals surface area contributed by atoms with Crippen molar-refractivity contribution in [3.63, 3.8) is 0 Å². The van der Waals surface area contributed by atoms with Crippen LogP contribution in [0.1, 0.15) is 97.5 Å². The Morgan fingerprint density at radius 3 is 2.45 bits per heavy atom. The largest absolute Gasteiger partial charge is 0.448 e. The monoisotopic (exact) mass is 492 g/mol. The summed E-state index contributed by atoms with van der Waals surface area (Å²) in [6, 6.07) is 7.79. The molecular weight excluding hydrogens is 448 g/mol. The maximum Gasteiger partial charge on any atom is 0.276 e. The van der Waals surface area contributed by atoms with E-state index < -0.39 is 6.04 Å². The fourth-order valence-corrected chi connectivity index (χ4v) is 6.15. The Morgan fingerprint density at radius 1 is 1.15 bits per heavy atom. The van der Waals surface area contributed by atoms with Gasteiger partial charge in [-0.15, -0.1) is 0 Å². The van der Waals surface area contributed by atoms with Crippen molar-refractivity contribution in [1.29, 1.82) is 0 Å². The summed E-state index contributed by atoms with van der Waals surface area (Å²) in [7, 11) is 0. The van der Waals surface area contributed by atoms with Gasteiger partial charge in [-0.05, 0) is 66.8 Å². The van der Waals surface area contributed by atoms with E-state index in [1.165, 1.54) is 44.1 Å². The lowest BCUT2D eigenvalue weighted by Gasteiger charge is -2.49. The standard InChI is InChI=1S/C27H44N2O2S2/c1-5-6-7-8-9-10-11-14-20-15-12-13-16-22(20)31-24(32)23(28)27(4)18-21(29-25(30)33)17-26(2,3)19-27/h12-13,15-16,21,23H,5-11,14,17-19,28H2,1-4H3,(H2,29,30,33). The molecule has 33 heavy (non-hydrogen) atoms. The van der Waals surface area contributed by atoms with Crippen molar-refractivity contribution in [3.05, 3.63) is 29.8 Å². The van der Waals surface area contributed by atoms with Crippen LogP contribution in [-0.2, 0) is 6.42 Å². The average Bonchev–Trinajstić information content (AvgIpc) is 2.71. The lowest BCUT2D eigenvalue weighted by molar-refractivity contribution is 0.0672. The number of nitrogens with two attached hydrogens (primary N) is 1. The lowest BCUT2D eigenvalue weighted by atomic mass is 9.60. The molecule has 1 amide bonds. The zero-order chi connectivity index (χ0) is 24.5. The molecule has 1 saturated carbocycles. The molecule has 2 rings (SSSR count). The second-order valence-electron chi connectivity index (χ2n) is 10.9. The van der Waals surface area contributed by atoms with Crippen molar-refractivity contribution in [2.45, 2.75) is 110 Å². The number of benzene rings is 1. The van der Waals surface area contributed by atoms with E-state index in [2.05, 4.69) is 57.8 Å². The van der Waals surface area contributed by atoms with E-state index in [0.29, 0.717) is 5.05 Å². The van der Waals surface area contributed by atoms with E-state index in [9.17, 15) is 4.79 Å². The van der Waals surface area contributed by atoms with Crippen LogP contribution < -0.4 is 15.8 Å². The third kappa shape index (κ3) is 9.22. The van der Waals surface area contributed by atoms with Gasteiger partial charge in [-0.2, -0.15) is 0 Å². The highest BCUT2D eigenvalue weighted by Gasteiger charge is 2.46. The van der Waals surface area contributed by atoms with Crippen LogP contribution in [0.4, 0.5) is 4.79 Å². The first kappa shape index (κ1) is 28.1. The normalized spacial score (nSPS) is 23.0. The van der Waals surface area contributed by atoms with Gasteiger partial charge in [-0.1, -0.05) is 97.0 Å². The van der Waals surface area contributed by atoms with Crippen LogP contribution in [-0.4, -0.2) is 22.4 Å². The minimum Gasteiger partial charge on any atom is -0.448 e. The summed E-state index contributed by atoms with van der Waals surface area (Å²) in [5.74, 6) is 0.822. The molecule has 3 atom stereocenters. The zero-order valence-electron chi connectivity index (χ0n) is 21.0. The van der Waals surface area contributed by atoms with Crippen molar-refractivity contribution in [2.24, 2.45) is 16.6 Å². The van der Waals surface area contributed by atoms with Crippen LogP contribution >= 0.6 is 24.8 Å². The predicted octanol–water partition coefficient (Wildman–Crippen LogP) is 7.24. The molecule has 0 heterocycles. The Bertz CT molecular complexity index is 783. The fraction of sp³-hybridized carbons (Fsp3) is 0.704. The van der Waals surface area contributed by atoms with Gasteiger partial charge < -0.3 is 15.8 Å². The number of rotatable bonds is 12. The first-order chi connectivity index (χ1) is 15.6. The highest BCUT2D eigenvalue weighted by atomic mass is 32.1. The van der Waals surface area contributed by atoms with E-state index in [1.807, 2.05) is 12.1 Å². The number of hydrogen-bond acceptors (Lipinski definition) is 4. The Morgan fingerprint density at radius 2 is 1.79 bits per heavy atom. The van der Waals surface area contributed by atoms with Crippen LogP contribution in [0.25, 0.3) is 0 Å². The summed E-state index contributed by atoms with van der Waals surface area (Å²) in [5.41, 5.74) is 7.68. The number of unbranched alkanes of at least 4 members (excludes halogenated alkanes) is 6. The summed E-state index contributed by atoms with van der Waals surface area (Å²) in [6.07, 6.45) is 12.6. The van der Waals surface area contributed by atoms with Crippen molar-refractivity contribution in [2.75, 3.05) is 0 Å². The number of hydrogen-bond donors (Lipinski definition) is 3. The minimum atomic E-state index is -0.405. The molecule has 0 bridgehead atoms. The molecule has 1 aromatic rings. The van der Waals surface area contributed by atoms with Crippen molar-refractivity contribution in [3.8, 4) is 5.75 Å². The van der Waals surface area contributed by atoms with E-state index in [4.69, 9.17) is 22.7 Å². The molecule has 4 nitrogen and oxygen atoms in total. The lowest BCUT2D eigenvalue weighted by Crippen LogP contribution is -2.55. The zero-order valence-corrected chi connectivity index (χ0v) is 22.7. The maximum absolute atomic E-state index is 11.6. The molecule has 1 aliphatic rings. The molecule has 0 aliphatic heterocycles. The van der Waals surface area contributed by atoms with E-state index >= 15 is 0 Å². The number of thiocarbonyl (C=S) groups is 1. The Labute approximate surface area is 212 Å². The molecule has 1 aromatic carbocycles. The van der Waals surface area contributed by atoms with Gasteiger partial charge in [0.2, 0.25) is 0 Å². The summed E-state index contributed by atoms with van der Waals surface area (Å²) < 4.78 is 6.22. The van der Waals surface area contributed by atoms with Crippen molar-refractivity contribution in [1.82, 2.24) is 5.32 Å². The second-order valence-corrected chi connectivity index (χ2v) is 11.7. The van der Waals surface area contributed by atoms with Gasteiger partial charge in [0.15, 0.2) is 5.05 Å². The number of para-hydroxylation sites is 1. The van der Waals surface area contributed by atoms with Gasteiger partial charge in [-0.3, -0.25) is 4.79 Å². The third-order valence-electron chi connectivity index (χ3n) is 6.96. The number of carbonyl (C=O) groups is 1. The van der Waals surface area contributed by atoms with Crippen molar-refractivity contribution < 1.29 is 9.53 Å². The Hall–Kier alpha value is -1.11. The number of carbonyl (C=O) groups excluding carboxylic acids is 1. The van der Waals surface area contributed by atoms with Gasteiger partial charge in [0, 0.05) is 6.04 Å². The summed E-state index contributed by atoms with van der Waals surface area (Å²) >= 11 is 9.63. The van der Waals surface area contributed by atoms with Crippen LogP contribution in [0, 0.1) is 10.8 Å². The SMILES string of the molecule is CCCCCCCCCc1ccccc1OC(=S)C(N)C1(C)CC(NC(=O)S)CC(C)(C)C1. The minimum absolute atomic E-state index is 0.0298. The van der Waals surface area contributed by atoms with Crippen LogP contribution in [0.3, 0.4) is 0 Å². The number of thiol groups is 1. The molecule has 0 saturated heterocycles. The van der Waals surface area contributed by atoms with Gasteiger partial charge in [0.1, 0.15) is 5.75 Å². The van der Waals surface area contributed by atoms with E-state index in [0.717, 1.165) is 37.9 Å². The smallest absolute Gasteiger partial charge is 0.276 e. The topological polar surface area (TPSA) is 64.3 Å². The number of nitrogens with one attached hydrogen (secondary N) is 1. The average molecular weight is 493 g/mol. The molecule has 0 aromatic heterocycles. The molecule has 186 valence electrons. The van der Waals surface area contributed by atoms with Gasteiger partial charge >= 0.3 is 0 Å². The molecule has 6 heteroatoms. The van der Waals surface area contributed by atoms with Gasteiger partial charge in [-0.25, -0.2) is 0 Å². The number of amides is 1. The third-order valence-corrected chi connectivity index (χ3v) is 7.43. The molecular formula is C27H44N2O2S2. The van der Waals surface area contributed by atoms with Gasteiger partial charge in [0.25, 0.3) is 5.24 Å². The Kier molecular flexibility index (Phi) is 11.2. The van der Waals surface area contributed by atoms with E-state index in [1.54, 1.807) is 0 Å². The van der Waals surface area contributed by atoms with Crippen LogP contribution in [0.5, 0.6) is 5.75 Å². The first-order valence-electron chi connectivity index (χ1n) is 12.6. The van der Waals surface area contributed by atoms with E-state index in [-0.39, 0.29) is 22.1 Å². The predicted molar refractivity (Wildman–Crippen MR) is 146 cm³/mol. The molecule has 3 unspecified atom stereocenters. The quantitative estimate of drug-likeness (QED) is 0.163. The van der Waals surface area contributed by atoms with Crippen molar-refractivity contribution >= 4 is 35.1 Å². The Balaban J connectivity index is 1.99. The number of ether oxygens (including phenoxy) is 1. The number of aryl methyl sites for hydroxylation is 1. The molecule has 0 radical (unpaired) electrons. The molecule has 1 aliphatic carbocycles.